The Balaban J connectivity index is 1.43. The van der Waals surface area contributed by atoms with Crippen LogP contribution in [-0.4, -0.2) is 46.0 Å². The lowest BCUT2D eigenvalue weighted by Crippen LogP contribution is -2.31. The van der Waals surface area contributed by atoms with E-state index in [0.717, 1.165) is 17.5 Å². The Morgan fingerprint density at radius 2 is 1.82 bits per heavy atom. The zero-order chi connectivity index (χ0) is 26.1. The Labute approximate surface area is 219 Å². The van der Waals surface area contributed by atoms with E-state index >= 15 is 0 Å². The molecule has 1 unspecified atom stereocenters. The number of rotatable bonds is 5. The molecule has 0 spiro atoms. The van der Waals surface area contributed by atoms with Gasteiger partial charge in [0.1, 0.15) is 11.8 Å². The van der Waals surface area contributed by atoms with Gasteiger partial charge in [0.15, 0.2) is 17.3 Å². The van der Waals surface area contributed by atoms with Gasteiger partial charge >= 0.3 is 0 Å². The first kappa shape index (κ1) is 23.5. The van der Waals surface area contributed by atoms with E-state index in [1.54, 1.807) is 48.5 Å². The SMILES string of the molecule is COc1ccc(NC(=O)C2=C(C)Nc3nc(-c4ccncc4)nn3C2c2ccc3c(c2)OCCCO3)cc1. The van der Waals surface area contributed by atoms with E-state index in [1.165, 1.54) is 0 Å². The Morgan fingerprint density at radius 3 is 2.58 bits per heavy atom. The third kappa shape index (κ3) is 4.40. The third-order valence-electron chi connectivity index (χ3n) is 6.47. The van der Waals surface area contributed by atoms with Crippen LogP contribution in [0.2, 0.25) is 0 Å². The van der Waals surface area contributed by atoms with Gasteiger partial charge in [0.2, 0.25) is 5.95 Å². The van der Waals surface area contributed by atoms with Crippen molar-refractivity contribution in [3.63, 3.8) is 0 Å². The summed E-state index contributed by atoms with van der Waals surface area (Å²) in [6, 6.07) is 16.1. The van der Waals surface area contributed by atoms with E-state index in [0.29, 0.717) is 59.2 Å². The summed E-state index contributed by atoms with van der Waals surface area (Å²) >= 11 is 0. The van der Waals surface area contributed by atoms with Crippen molar-refractivity contribution in [1.29, 1.82) is 0 Å². The fourth-order valence-corrected chi connectivity index (χ4v) is 4.60. The van der Waals surface area contributed by atoms with Crippen molar-refractivity contribution in [3.8, 4) is 28.6 Å². The second-order valence-electron chi connectivity index (χ2n) is 8.94. The van der Waals surface area contributed by atoms with Crippen LogP contribution in [0, 0.1) is 0 Å². The van der Waals surface area contributed by atoms with E-state index in [4.69, 9.17) is 24.3 Å². The molecule has 192 valence electrons. The van der Waals surface area contributed by atoms with Gasteiger partial charge in [-0.15, -0.1) is 5.10 Å². The molecule has 2 aromatic heterocycles. The van der Waals surface area contributed by atoms with Crippen molar-refractivity contribution in [1.82, 2.24) is 19.7 Å². The van der Waals surface area contributed by atoms with E-state index in [1.807, 2.05) is 37.3 Å². The van der Waals surface area contributed by atoms with Crippen LogP contribution in [0.3, 0.4) is 0 Å². The minimum absolute atomic E-state index is 0.260. The molecule has 2 N–H and O–H groups in total. The molecular formula is C28H26N6O4. The molecule has 4 aromatic rings. The first-order valence-electron chi connectivity index (χ1n) is 12.3. The summed E-state index contributed by atoms with van der Waals surface area (Å²) in [6.45, 7) is 3.02. The standard InChI is InChI=1S/C28H26N6O4/c1-17-24(27(35)31-20-5-7-21(36-2)8-6-20)25(19-4-9-22-23(16-19)38-15-3-14-37-22)34-28(30-17)32-26(33-34)18-10-12-29-13-11-18/h4-13,16,25H,3,14-15H2,1-2H3,(H,31,35)(H,30,32,33). The lowest BCUT2D eigenvalue weighted by Gasteiger charge is -2.29. The average molecular weight is 511 g/mol. The van der Waals surface area contributed by atoms with Gasteiger partial charge < -0.3 is 24.8 Å². The second kappa shape index (κ2) is 9.89. The summed E-state index contributed by atoms with van der Waals surface area (Å²) in [4.78, 5) is 22.6. The topological polar surface area (TPSA) is 112 Å². The summed E-state index contributed by atoms with van der Waals surface area (Å²) < 4.78 is 18.8. The van der Waals surface area contributed by atoms with Crippen LogP contribution in [0.25, 0.3) is 11.4 Å². The summed E-state index contributed by atoms with van der Waals surface area (Å²) in [5.74, 6) is 2.83. The number of nitrogens with zero attached hydrogens (tertiary/aromatic N) is 4. The van der Waals surface area contributed by atoms with Gasteiger partial charge in [-0.3, -0.25) is 9.78 Å². The van der Waals surface area contributed by atoms with Crippen molar-refractivity contribution >= 4 is 17.5 Å². The number of allylic oxidation sites excluding steroid dienone is 1. The van der Waals surface area contributed by atoms with E-state index in [-0.39, 0.29) is 5.91 Å². The summed E-state index contributed by atoms with van der Waals surface area (Å²) in [5, 5.41) is 11.1. The molecule has 1 amide bonds. The largest absolute Gasteiger partial charge is 0.497 e. The van der Waals surface area contributed by atoms with Crippen LogP contribution < -0.4 is 24.8 Å². The maximum absolute atomic E-state index is 13.8. The zero-order valence-electron chi connectivity index (χ0n) is 21.0. The minimum Gasteiger partial charge on any atom is -0.497 e. The molecule has 0 saturated heterocycles. The summed E-state index contributed by atoms with van der Waals surface area (Å²) in [7, 11) is 1.60. The molecule has 0 saturated carbocycles. The van der Waals surface area contributed by atoms with E-state index in [2.05, 4.69) is 15.6 Å². The number of pyridine rings is 1. The number of benzene rings is 2. The van der Waals surface area contributed by atoms with Crippen molar-refractivity contribution < 1.29 is 19.0 Å². The quantitative estimate of drug-likeness (QED) is 0.405. The highest BCUT2D eigenvalue weighted by Gasteiger charge is 2.35. The normalized spacial score (nSPS) is 16.2. The molecule has 2 aliphatic rings. The lowest BCUT2D eigenvalue weighted by atomic mass is 9.94. The molecule has 0 bridgehead atoms. The van der Waals surface area contributed by atoms with Crippen LogP contribution >= 0.6 is 0 Å². The minimum atomic E-state index is -0.565. The second-order valence-corrected chi connectivity index (χ2v) is 8.94. The Kier molecular flexibility index (Phi) is 6.12. The Bertz CT molecular complexity index is 1510. The van der Waals surface area contributed by atoms with Crippen LogP contribution in [0.1, 0.15) is 24.9 Å². The highest BCUT2D eigenvalue weighted by molar-refractivity contribution is 6.06. The number of ether oxygens (including phenoxy) is 3. The van der Waals surface area contributed by atoms with Gasteiger partial charge in [0.05, 0.1) is 25.9 Å². The van der Waals surface area contributed by atoms with Crippen molar-refractivity contribution in [2.75, 3.05) is 31.0 Å². The van der Waals surface area contributed by atoms with Crippen molar-refractivity contribution in [2.24, 2.45) is 0 Å². The fourth-order valence-electron chi connectivity index (χ4n) is 4.60. The van der Waals surface area contributed by atoms with Crippen molar-refractivity contribution in [3.05, 3.63) is 83.8 Å². The third-order valence-corrected chi connectivity index (χ3v) is 6.47. The van der Waals surface area contributed by atoms with Gasteiger partial charge in [-0.1, -0.05) is 6.07 Å². The number of carbonyl (C=O) groups excluding carboxylic acids is 1. The maximum Gasteiger partial charge on any atom is 0.255 e. The molecule has 2 aromatic carbocycles. The number of hydrogen-bond acceptors (Lipinski definition) is 8. The monoisotopic (exact) mass is 510 g/mol. The van der Waals surface area contributed by atoms with Crippen molar-refractivity contribution in [2.45, 2.75) is 19.4 Å². The Morgan fingerprint density at radius 1 is 1.05 bits per heavy atom. The van der Waals surface area contributed by atoms with Crippen LogP contribution in [0.5, 0.6) is 17.2 Å². The maximum atomic E-state index is 13.8. The number of fused-ring (bicyclic) bond motifs is 2. The highest BCUT2D eigenvalue weighted by atomic mass is 16.5. The molecule has 10 nitrogen and oxygen atoms in total. The molecule has 2 aliphatic heterocycles. The molecule has 0 fully saturated rings. The van der Waals surface area contributed by atoms with Gasteiger partial charge in [-0.05, 0) is 61.0 Å². The van der Waals surface area contributed by atoms with E-state index in [9.17, 15) is 4.79 Å². The number of carbonyl (C=O) groups is 1. The Hall–Kier alpha value is -4.86. The first-order valence-corrected chi connectivity index (χ1v) is 12.3. The van der Waals surface area contributed by atoms with Gasteiger partial charge in [-0.25, -0.2) is 4.68 Å². The number of nitrogens with one attached hydrogen (secondary N) is 2. The van der Waals surface area contributed by atoms with Crippen LogP contribution in [0.4, 0.5) is 11.6 Å². The summed E-state index contributed by atoms with van der Waals surface area (Å²) in [5.41, 5.74) is 3.48. The number of hydrogen-bond donors (Lipinski definition) is 2. The van der Waals surface area contributed by atoms with Gasteiger partial charge in [0.25, 0.3) is 5.91 Å². The van der Waals surface area contributed by atoms with Crippen LogP contribution in [0.15, 0.2) is 78.3 Å². The molecule has 6 rings (SSSR count). The highest BCUT2D eigenvalue weighted by Crippen LogP contribution is 2.40. The molecule has 10 heteroatoms. The van der Waals surface area contributed by atoms with Gasteiger partial charge in [0, 0.05) is 35.8 Å². The molecular weight excluding hydrogens is 484 g/mol. The number of amides is 1. The predicted octanol–water partition coefficient (Wildman–Crippen LogP) is 4.44. The van der Waals surface area contributed by atoms with Gasteiger partial charge in [-0.2, -0.15) is 4.98 Å². The number of aromatic nitrogens is 4. The number of methoxy groups -OCH3 is 1. The first-order chi connectivity index (χ1) is 18.6. The average Bonchev–Trinajstić information content (AvgIpc) is 3.22. The van der Waals surface area contributed by atoms with Crippen LogP contribution in [-0.2, 0) is 4.79 Å². The molecule has 0 aliphatic carbocycles. The molecule has 38 heavy (non-hydrogen) atoms. The predicted molar refractivity (Wildman–Crippen MR) is 141 cm³/mol. The molecule has 0 radical (unpaired) electrons. The smallest absolute Gasteiger partial charge is 0.255 e. The fraction of sp³-hybridized carbons (Fsp3) is 0.214. The molecule has 1 atom stereocenters. The number of anilines is 2. The zero-order valence-corrected chi connectivity index (χ0v) is 21.0. The lowest BCUT2D eigenvalue weighted by molar-refractivity contribution is -0.113. The summed E-state index contributed by atoms with van der Waals surface area (Å²) in [6.07, 6.45) is 4.19. The van der Waals surface area contributed by atoms with E-state index < -0.39 is 6.04 Å². The molecule has 4 heterocycles.